The number of rotatable bonds is 4. The second-order valence-corrected chi connectivity index (χ2v) is 9.19. The maximum absolute atomic E-state index is 12.7. The topological polar surface area (TPSA) is 78.0 Å². The van der Waals surface area contributed by atoms with E-state index in [1.807, 2.05) is 6.07 Å². The molecule has 2 fully saturated rings. The van der Waals surface area contributed by atoms with Crippen LogP contribution in [0.5, 0.6) is 0 Å². The highest BCUT2D eigenvalue weighted by atomic mass is 32.2. The first-order chi connectivity index (χ1) is 11.8. The van der Waals surface area contributed by atoms with Gasteiger partial charge in [0.15, 0.2) is 0 Å². The van der Waals surface area contributed by atoms with Gasteiger partial charge in [0.25, 0.3) is 5.91 Å². The van der Waals surface area contributed by atoms with Crippen LogP contribution in [0.3, 0.4) is 0 Å². The van der Waals surface area contributed by atoms with Gasteiger partial charge in [-0.25, -0.2) is 22.4 Å². The number of urea groups is 1. The van der Waals surface area contributed by atoms with Crippen LogP contribution in [0.25, 0.3) is 0 Å². The molecule has 0 aliphatic carbocycles. The molecule has 0 spiro atoms. The van der Waals surface area contributed by atoms with Gasteiger partial charge in [-0.15, -0.1) is 0 Å². The lowest BCUT2D eigenvalue weighted by atomic mass is 10.1. The van der Waals surface area contributed by atoms with Crippen LogP contribution < -0.4 is 4.90 Å². The van der Waals surface area contributed by atoms with Crippen LogP contribution in [0.1, 0.15) is 26.7 Å². The molecule has 2 saturated heterocycles. The molecule has 0 N–H and O–H groups in total. The minimum atomic E-state index is -3.27. The standard InChI is InChI=1S/C17H23N3O4S/c1-13(2)25(23,24)18-10-8-14(9-11-18)19-12-16(21)20(17(19)22)15-6-4-3-5-7-15/h3-7,13-14H,8-12H2,1-2H3. The van der Waals surface area contributed by atoms with E-state index in [9.17, 15) is 18.0 Å². The number of hydrogen-bond acceptors (Lipinski definition) is 4. The van der Waals surface area contributed by atoms with Gasteiger partial charge in [-0.3, -0.25) is 4.79 Å². The van der Waals surface area contributed by atoms with Gasteiger partial charge in [0.05, 0.1) is 10.9 Å². The molecule has 0 bridgehead atoms. The van der Waals surface area contributed by atoms with E-state index in [0.717, 1.165) is 0 Å². The number of piperidine rings is 1. The second-order valence-electron chi connectivity index (χ2n) is 6.70. The maximum Gasteiger partial charge on any atom is 0.332 e. The highest BCUT2D eigenvalue weighted by Gasteiger charge is 2.42. The molecule has 2 aliphatic rings. The number of imide groups is 1. The fraction of sp³-hybridized carbons (Fsp3) is 0.529. The van der Waals surface area contributed by atoms with E-state index < -0.39 is 15.3 Å². The summed E-state index contributed by atoms with van der Waals surface area (Å²) in [5, 5.41) is -0.451. The number of para-hydroxylation sites is 1. The van der Waals surface area contributed by atoms with Gasteiger partial charge >= 0.3 is 6.03 Å². The van der Waals surface area contributed by atoms with Gasteiger partial charge in [-0.1, -0.05) is 18.2 Å². The van der Waals surface area contributed by atoms with Crippen LogP contribution in [0.2, 0.25) is 0 Å². The average molecular weight is 365 g/mol. The predicted molar refractivity (Wildman–Crippen MR) is 94.7 cm³/mol. The van der Waals surface area contributed by atoms with E-state index in [2.05, 4.69) is 0 Å². The molecule has 1 aromatic rings. The molecule has 136 valence electrons. The summed E-state index contributed by atoms with van der Waals surface area (Å²) < 4.78 is 26.0. The lowest BCUT2D eigenvalue weighted by Gasteiger charge is -2.36. The number of amides is 3. The summed E-state index contributed by atoms with van der Waals surface area (Å²) in [6.45, 7) is 4.15. The molecule has 0 aromatic heterocycles. The molecular formula is C17H23N3O4S. The summed E-state index contributed by atoms with van der Waals surface area (Å²) in [5.74, 6) is -0.242. The highest BCUT2D eigenvalue weighted by molar-refractivity contribution is 7.89. The Morgan fingerprint density at radius 2 is 1.64 bits per heavy atom. The summed E-state index contributed by atoms with van der Waals surface area (Å²) in [4.78, 5) is 27.8. The highest BCUT2D eigenvalue weighted by Crippen LogP contribution is 2.27. The molecular weight excluding hydrogens is 342 g/mol. The van der Waals surface area contributed by atoms with Crippen molar-refractivity contribution in [1.29, 1.82) is 0 Å². The number of anilines is 1. The molecule has 25 heavy (non-hydrogen) atoms. The summed E-state index contributed by atoms with van der Waals surface area (Å²) in [5.41, 5.74) is 0.569. The fourth-order valence-electron chi connectivity index (χ4n) is 3.34. The lowest BCUT2D eigenvalue weighted by Crippen LogP contribution is -2.49. The smallest absolute Gasteiger partial charge is 0.312 e. The van der Waals surface area contributed by atoms with E-state index in [1.54, 1.807) is 43.0 Å². The van der Waals surface area contributed by atoms with Crippen LogP contribution in [0, 0.1) is 0 Å². The third kappa shape index (κ3) is 3.28. The Balaban J connectivity index is 1.69. The van der Waals surface area contributed by atoms with E-state index >= 15 is 0 Å². The normalized spacial score (nSPS) is 20.8. The second kappa shape index (κ2) is 6.76. The van der Waals surface area contributed by atoms with Gasteiger partial charge < -0.3 is 4.90 Å². The lowest BCUT2D eigenvalue weighted by molar-refractivity contribution is -0.116. The fourth-order valence-corrected chi connectivity index (χ4v) is 4.66. The SMILES string of the molecule is CC(C)S(=O)(=O)N1CCC(N2CC(=O)N(c3ccccc3)C2=O)CC1. The zero-order valence-electron chi connectivity index (χ0n) is 14.5. The van der Waals surface area contributed by atoms with Crippen molar-refractivity contribution in [2.75, 3.05) is 24.5 Å². The summed E-state index contributed by atoms with van der Waals surface area (Å²) >= 11 is 0. The van der Waals surface area contributed by atoms with Gasteiger partial charge in [0.1, 0.15) is 6.54 Å². The molecule has 0 unspecified atom stereocenters. The van der Waals surface area contributed by atoms with E-state index in [-0.39, 0.29) is 24.5 Å². The van der Waals surface area contributed by atoms with Crippen molar-refractivity contribution in [2.24, 2.45) is 0 Å². The Morgan fingerprint density at radius 3 is 2.20 bits per heavy atom. The Labute approximate surface area is 148 Å². The third-order valence-corrected chi connectivity index (χ3v) is 7.10. The largest absolute Gasteiger partial charge is 0.332 e. The summed E-state index contributed by atoms with van der Waals surface area (Å²) in [6, 6.07) is 8.44. The Hall–Kier alpha value is -1.93. The molecule has 0 saturated carbocycles. The molecule has 8 heteroatoms. The Bertz CT molecular complexity index is 755. The molecule has 2 aliphatic heterocycles. The molecule has 1 aromatic carbocycles. The summed E-state index contributed by atoms with van der Waals surface area (Å²) in [7, 11) is -3.27. The van der Waals surface area contributed by atoms with Crippen molar-refractivity contribution in [3.05, 3.63) is 30.3 Å². The zero-order valence-corrected chi connectivity index (χ0v) is 15.3. The zero-order chi connectivity index (χ0) is 18.2. The first-order valence-electron chi connectivity index (χ1n) is 8.50. The van der Waals surface area contributed by atoms with Gasteiger partial charge in [0.2, 0.25) is 10.0 Å². The van der Waals surface area contributed by atoms with Crippen molar-refractivity contribution in [3.8, 4) is 0 Å². The average Bonchev–Trinajstić information content (AvgIpc) is 2.90. The van der Waals surface area contributed by atoms with Gasteiger partial charge in [-0.2, -0.15) is 0 Å². The number of benzene rings is 1. The molecule has 3 amide bonds. The molecule has 7 nitrogen and oxygen atoms in total. The van der Waals surface area contributed by atoms with Crippen LogP contribution in [0.15, 0.2) is 30.3 Å². The number of carbonyl (C=O) groups excluding carboxylic acids is 2. The minimum absolute atomic E-state index is 0.0509. The quantitative estimate of drug-likeness (QED) is 0.760. The Morgan fingerprint density at radius 1 is 1.04 bits per heavy atom. The van der Waals surface area contributed by atoms with Crippen molar-refractivity contribution < 1.29 is 18.0 Å². The molecule has 0 atom stereocenters. The van der Waals surface area contributed by atoms with Crippen LogP contribution in [-0.4, -0.2) is 60.5 Å². The van der Waals surface area contributed by atoms with Crippen LogP contribution in [0.4, 0.5) is 10.5 Å². The first kappa shape index (κ1) is 17.9. The predicted octanol–water partition coefficient (Wildman–Crippen LogP) is 1.66. The molecule has 2 heterocycles. The van der Waals surface area contributed by atoms with Crippen LogP contribution >= 0.6 is 0 Å². The number of carbonyl (C=O) groups is 2. The van der Waals surface area contributed by atoms with Crippen molar-refractivity contribution in [2.45, 2.75) is 38.0 Å². The monoisotopic (exact) mass is 365 g/mol. The van der Waals surface area contributed by atoms with Crippen molar-refractivity contribution in [3.63, 3.8) is 0 Å². The number of nitrogens with zero attached hydrogens (tertiary/aromatic N) is 3. The third-order valence-electron chi connectivity index (χ3n) is 4.83. The molecule has 0 radical (unpaired) electrons. The molecule has 3 rings (SSSR count). The van der Waals surface area contributed by atoms with Gasteiger partial charge in [-0.05, 0) is 38.8 Å². The van der Waals surface area contributed by atoms with Crippen molar-refractivity contribution >= 4 is 27.6 Å². The Kier molecular flexibility index (Phi) is 4.83. The maximum atomic E-state index is 12.7. The van der Waals surface area contributed by atoms with Crippen molar-refractivity contribution in [1.82, 2.24) is 9.21 Å². The summed E-state index contributed by atoms with van der Waals surface area (Å²) in [6.07, 6.45) is 1.10. The number of hydrogen-bond donors (Lipinski definition) is 0. The van der Waals surface area contributed by atoms with E-state index in [0.29, 0.717) is 31.6 Å². The van der Waals surface area contributed by atoms with E-state index in [4.69, 9.17) is 0 Å². The van der Waals surface area contributed by atoms with E-state index in [1.165, 1.54) is 9.21 Å². The van der Waals surface area contributed by atoms with Gasteiger partial charge in [0, 0.05) is 19.1 Å². The van der Waals surface area contributed by atoms with Crippen LogP contribution in [-0.2, 0) is 14.8 Å². The minimum Gasteiger partial charge on any atom is -0.312 e. The number of sulfonamides is 1. The first-order valence-corrected chi connectivity index (χ1v) is 10.00.